The summed E-state index contributed by atoms with van der Waals surface area (Å²) in [6, 6.07) is 14.9. The Labute approximate surface area is 234 Å². The number of rotatable bonds is 13. The lowest BCUT2D eigenvalue weighted by Crippen LogP contribution is -2.44. The Hall–Kier alpha value is -4.50. The fraction of sp³-hybridized carbons (Fsp3) is 0.290. The van der Waals surface area contributed by atoms with Gasteiger partial charge in [0, 0.05) is 12.1 Å². The van der Waals surface area contributed by atoms with Gasteiger partial charge in [0.15, 0.2) is 0 Å². The summed E-state index contributed by atoms with van der Waals surface area (Å²) in [6.45, 7) is 5.80. The van der Waals surface area contributed by atoms with Crippen LogP contribution in [0.15, 0.2) is 84.1 Å². The molecule has 0 aliphatic heterocycles. The minimum absolute atomic E-state index is 0.136. The van der Waals surface area contributed by atoms with Gasteiger partial charge in [-0.1, -0.05) is 67.1 Å². The van der Waals surface area contributed by atoms with Gasteiger partial charge in [0.2, 0.25) is 11.8 Å². The summed E-state index contributed by atoms with van der Waals surface area (Å²) in [4.78, 5) is 46.4. The molecular weight excluding hydrogens is 506 g/mol. The number of benzene rings is 2. The molecule has 0 aliphatic carbocycles. The lowest BCUT2D eigenvalue weighted by atomic mass is 10.0. The average molecular weight is 544 g/mol. The molecule has 0 spiro atoms. The van der Waals surface area contributed by atoms with Crippen molar-refractivity contribution in [2.45, 2.75) is 58.7 Å². The van der Waals surface area contributed by atoms with Gasteiger partial charge >= 0.3 is 5.97 Å². The van der Waals surface area contributed by atoms with Crippen molar-refractivity contribution < 1.29 is 19.5 Å². The minimum atomic E-state index is -1.04. The smallest absolute Gasteiger partial charge is 0.335 e. The molecule has 3 aromatic rings. The maximum Gasteiger partial charge on any atom is 0.335 e. The highest BCUT2D eigenvalue weighted by atomic mass is 16.4. The van der Waals surface area contributed by atoms with Crippen LogP contribution in [0.3, 0.4) is 0 Å². The molecule has 0 bridgehead atoms. The fourth-order valence-electron chi connectivity index (χ4n) is 4.37. The van der Waals surface area contributed by atoms with E-state index < -0.39 is 24.0 Å². The van der Waals surface area contributed by atoms with Crippen molar-refractivity contribution in [2.24, 2.45) is 11.5 Å². The van der Waals surface area contributed by atoms with Gasteiger partial charge in [0.25, 0.3) is 0 Å². The number of hydrogen-bond acceptors (Lipinski definition) is 5. The lowest BCUT2D eigenvalue weighted by molar-refractivity contribution is -0.135. The van der Waals surface area contributed by atoms with Crippen LogP contribution in [0.4, 0.5) is 0 Å². The molecule has 1 aromatic heterocycles. The Morgan fingerprint density at radius 2 is 1.85 bits per heavy atom. The van der Waals surface area contributed by atoms with Gasteiger partial charge in [-0.2, -0.15) is 0 Å². The molecule has 0 aliphatic rings. The second-order valence-electron chi connectivity index (χ2n) is 9.76. The monoisotopic (exact) mass is 543 g/mol. The SMILES string of the molecule is CC/C=C(\C=C(\C)CC[C@H](N)C(=O)N(Cc1cccc(C(=O)O)c1)[C@@H](C)c1ncc(-c2ccccc2)[nH]1)C(N)=O. The normalized spacial score (nSPS) is 13.5. The number of nitrogens with two attached hydrogens (primary N) is 2. The molecule has 2 atom stereocenters. The molecule has 6 N–H and O–H groups in total. The molecule has 1 heterocycles. The van der Waals surface area contributed by atoms with E-state index in [2.05, 4.69) is 9.97 Å². The number of aromatic carboxylic acids is 1. The zero-order valence-corrected chi connectivity index (χ0v) is 23.1. The number of aromatic nitrogens is 2. The standard InChI is InChI=1S/C31H37N5O4/c1-4-9-24(28(33)37)16-20(2)14-15-26(32)30(38)36(19-22-10-8-13-25(17-22)31(39)40)21(3)29-34-18-27(35-29)23-11-6-5-7-12-23/h5-13,16-18,21,26H,4,14-15,19,32H2,1-3H3,(H2,33,37)(H,34,35)(H,39,40)/b20-16-,24-9+/t21-,26-/m0/s1. The van der Waals surface area contributed by atoms with Crippen molar-refractivity contribution in [1.29, 1.82) is 0 Å². The second-order valence-corrected chi connectivity index (χ2v) is 9.76. The van der Waals surface area contributed by atoms with Gasteiger partial charge in [0.05, 0.1) is 29.5 Å². The predicted octanol–water partition coefficient (Wildman–Crippen LogP) is 4.74. The number of imidazole rings is 1. The van der Waals surface area contributed by atoms with Crippen molar-refractivity contribution in [2.75, 3.05) is 0 Å². The number of aromatic amines is 1. The Bertz CT molecular complexity index is 1390. The van der Waals surface area contributed by atoms with Crippen LogP contribution in [0.25, 0.3) is 11.3 Å². The van der Waals surface area contributed by atoms with Crippen LogP contribution in [0.1, 0.15) is 67.8 Å². The van der Waals surface area contributed by atoms with Gasteiger partial charge < -0.3 is 26.5 Å². The summed E-state index contributed by atoms with van der Waals surface area (Å²) in [6.07, 6.45) is 6.74. The van der Waals surface area contributed by atoms with E-state index >= 15 is 0 Å². The van der Waals surface area contributed by atoms with Crippen LogP contribution in [-0.4, -0.2) is 43.8 Å². The molecule has 0 saturated heterocycles. The van der Waals surface area contributed by atoms with Crippen LogP contribution in [0.2, 0.25) is 0 Å². The first-order valence-corrected chi connectivity index (χ1v) is 13.3. The molecule has 2 amide bonds. The molecule has 9 heteroatoms. The quantitative estimate of drug-likeness (QED) is 0.180. The molecular formula is C31H37N5O4. The number of H-pyrrole nitrogens is 1. The first-order chi connectivity index (χ1) is 19.1. The Kier molecular flexibility index (Phi) is 10.6. The van der Waals surface area contributed by atoms with Crippen LogP contribution in [0, 0.1) is 0 Å². The van der Waals surface area contributed by atoms with E-state index in [1.165, 1.54) is 6.07 Å². The Morgan fingerprint density at radius 3 is 2.50 bits per heavy atom. The van der Waals surface area contributed by atoms with Crippen molar-refractivity contribution in [3.8, 4) is 11.3 Å². The summed E-state index contributed by atoms with van der Waals surface area (Å²) < 4.78 is 0. The van der Waals surface area contributed by atoms with Gasteiger partial charge in [-0.25, -0.2) is 9.78 Å². The fourth-order valence-corrected chi connectivity index (χ4v) is 4.37. The van der Waals surface area contributed by atoms with Gasteiger partial charge in [-0.15, -0.1) is 0 Å². The molecule has 9 nitrogen and oxygen atoms in total. The highest BCUT2D eigenvalue weighted by molar-refractivity contribution is 5.94. The van der Waals surface area contributed by atoms with E-state index in [1.54, 1.807) is 41.4 Å². The molecule has 0 saturated carbocycles. The topological polar surface area (TPSA) is 155 Å². The van der Waals surface area contributed by atoms with Crippen molar-refractivity contribution in [3.63, 3.8) is 0 Å². The minimum Gasteiger partial charge on any atom is -0.478 e. The van der Waals surface area contributed by atoms with Crippen molar-refractivity contribution in [3.05, 3.63) is 101 Å². The second kappa shape index (κ2) is 14.0. The van der Waals surface area contributed by atoms with E-state index in [4.69, 9.17) is 11.5 Å². The van der Waals surface area contributed by atoms with Crippen LogP contribution >= 0.6 is 0 Å². The molecule has 3 rings (SSSR count). The zero-order chi connectivity index (χ0) is 29.2. The van der Waals surface area contributed by atoms with Crippen molar-refractivity contribution in [1.82, 2.24) is 14.9 Å². The summed E-state index contributed by atoms with van der Waals surface area (Å²) in [5.74, 6) is -1.25. The third-order valence-electron chi connectivity index (χ3n) is 6.63. The summed E-state index contributed by atoms with van der Waals surface area (Å²) in [5, 5.41) is 9.44. The summed E-state index contributed by atoms with van der Waals surface area (Å²) in [7, 11) is 0. The van der Waals surface area contributed by atoms with E-state index in [0.717, 1.165) is 16.8 Å². The molecule has 2 aromatic carbocycles. The number of nitrogens with zero attached hydrogens (tertiary/aromatic N) is 2. The van der Waals surface area contributed by atoms with Gasteiger partial charge in [0.1, 0.15) is 5.82 Å². The summed E-state index contributed by atoms with van der Waals surface area (Å²) >= 11 is 0. The van der Waals surface area contributed by atoms with E-state index in [0.29, 0.717) is 36.2 Å². The number of nitrogens with one attached hydrogen (secondary N) is 1. The number of amides is 2. The lowest BCUT2D eigenvalue weighted by Gasteiger charge is -2.31. The van der Waals surface area contributed by atoms with E-state index in [-0.39, 0.29) is 18.0 Å². The average Bonchev–Trinajstić information content (AvgIpc) is 3.45. The van der Waals surface area contributed by atoms with Gasteiger partial charge in [-0.3, -0.25) is 9.59 Å². The maximum absolute atomic E-state index is 13.7. The Balaban J connectivity index is 1.85. The number of carboxylic acids is 1. The third kappa shape index (κ3) is 8.00. The molecule has 40 heavy (non-hydrogen) atoms. The van der Waals surface area contributed by atoms with Gasteiger partial charge in [-0.05, 0) is 56.4 Å². The molecule has 0 radical (unpaired) electrons. The number of carbonyl (C=O) groups excluding carboxylic acids is 2. The van der Waals surface area contributed by atoms with Crippen LogP contribution < -0.4 is 11.5 Å². The first-order valence-electron chi connectivity index (χ1n) is 13.3. The highest BCUT2D eigenvalue weighted by Gasteiger charge is 2.28. The van der Waals surface area contributed by atoms with Crippen molar-refractivity contribution >= 4 is 17.8 Å². The highest BCUT2D eigenvalue weighted by Crippen LogP contribution is 2.25. The molecule has 0 fully saturated rings. The van der Waals surface area contributed by atoms with Crippen LogP contribution in [0.5, 0.6) is 0 Å². The predicted molar refractivity (Wildman–Crippen MR) is 155 cm³/mol. The third-order valence-corrected chi connectivity index (χ3v) is 6.63. The largest absolute Gasteiger partial charge is 0.478 e. The number of primary amides is 1. The first kappa shape index (κ1) is 30.0. The molecule has 0 unspecified atom stereocenters. The maximum atomic E-state index is 13.7. The summed E-state index contributed by atoms with van der Waals surface area (Å²) in [5.41, 5.74) is 15.8. The zero-order valence-electron chi connectivity index (χ0n) is 23.1. The number of carbonyl (C=O) groups is 3. The number of carboxylic acid groups (broad SMARTS) is 1. The van der Waals surface area contributed by atoms with E-state index in [1.807, 2.05) is 51.1 Å². The number of hydrogen-bond donors (Lipinski definition) is 4. The Morgan fingerprint density at radius 1 is 1.12 bits per heavy atom. The molecule has 210 valence electrons. The number of allylic oxidation sites excluding steroid dienone is 2. The van der Waals surface area contributed by atoms with Crippen LogP contribution in [-0.2, 0) is 16.1 Å². The van der Waals surface area contributed by atoms with E-state index in [9.17, 15) is 19.5 Å².